The molecule has 0 saturated carbocycles. The second-order valence-electron chi connectivity index (χ2n) is 3.85. The molecule has 86 valence electrons. The molecule has 1 aliphatic heterocycles. The molecular weight excluding hydrogens is 198 g/mol. The standard InChI is InChI=1S/C9H17N3O3/c1-3-9(15)5-12(6-9)4-7(13)11-8(14)10-2/h15H,3-6H2,1-2H3,(H2,10,11,13,14). The van der Waals surface area contributed by atoms with Gasteiger partial charge in [-0.15, -0.1) is 0 Å². The maximum Gasteiger partial charge on any atom is 0.321 e. The van der Waals surface area contributed by atoms with Crippen LogP contribution in [-0.2, 0) is 4.79 Å². The fourth-order valence-electron chi connectivity index (χ4n) is 1.55. The van der Waals surface area contributed by atoms with Crippen LogP contribution in [0.15, 0.2) is 0 Å². The Balaban J connectivity index is 2.22. The van der Waals surface area contributed by atoms with E-state index in [1.54, 1.807) is 4.90 Å². The van der Waals surface area contributed by atoms with Crippen LogP contribution in [0.2, 0.25) is 0 Å². The van der Waals surface area contributed by atoms with E-state index in [1.165, 1.54) is 7.05 Å². The lowest BCUT2D eigenvalue weighted by Gasteiger charge is -2.45. The maximum absolute atomic E-state index is 11.2. The third kappa shape index (κ3) is 3.17. The third-order valence-electron chi connectivity index (χ3n) is 2.54. The number of carbonyl (C=O) groups is 2. The van der Waals surface area contributed by atoms with Crippen LogP contribution < -0.4 is 10.6 Å². The normalized spacial score (nSPS) is 19.1. The summed E-state index contributed by atoms with van der Waals surface area (Å²) in [6, 6.07) is -0.508. The van der Waals surface area contributed by atoms with Gasteiger partial charge in [0.15, 0.2) is 0 Å². The zero-order valence-corrected chi connectivity index (χ0v) is 9.04. The Bertz CT molecular complexity index is 261. The molecule has 0 aromatic carbocycles. The first kappa shape index (κ1) is 11.9. The Kier molecular flexibility index (Phi) is 3.65. The van der Waals surface area contributed by atoms with Crippen LogP contribution in [0, 0.1) is 0 Å². The molecule has 0 atom stereocenters. The number of urea groups is 1. The summed E-state index contributed by atoms with van der Waals surface area (Å²) < 4.78 is 0. The van der Waals surface area contributed by atoms with Gasteiger partial charge in [-0.1, -0.05) is 6.92 Å². The predicted molar refractivity (Wildman–Crippen MR) is 54.3 cm³/mol. The number of hydrogen-bond donors (Lipinski definition) is 3. The number of imide groups is 1. The van der Waals surface area contributed by atoms with E-state index in [1.807, 2.05) is 6.92 Å². The van der Waals surface area contributed by atoms with E-state index < -0.39 is 11.6 Å². The van der Waals surface area contributed by atoms with Crippen molar-refractivity contribution in [3.63, 3.8) is 0 Å². The molecule has 0 radical (unpaired) electrons. The van der Waals surface area contributed by atoms with E-state index in [4.69, 9.17) is 0 Å². The number of carbonyl (C=O) groups excluding carboxylic acids is 2. The highest BCUT2D eigenvalue weighted by atomic mass is 16.3. The number of hydrogen-bond acceptors (Lipinski definition) is 4. The van der Waals surface area contributed by atoms with Gasteiger partial charge in [0.25, 0.3) is 0 Å². The summed E-state index contributed by atoms with van der Waals surface area (Å²) in [5.41, 5.74) is -0.646. The SMILES string of the molecule is CCC1(O)CN(CC(=O)NC(=O)NC)C1. The quantitative estimate of drug-likeness (QED) is 0.558. The topological polar surface area (TPSA) is 81.7 Å². The summed E-state index contributed by atoms with van der Waals surface area (Å²) in [6.07, 6.45) is 0.681. The summed E-state index contributed by atoms with van der Waals surface area (Å²) in [6.45, 7) is 3.03. The molecule has 0 aromatic heterocycles. The minimum Gasteiger partial charge on any atom is -0.387 e. The Morgan fingerprint density at radius 1 is 1.47 bits per heavy atom. The van der Waals surface area contributed by atoms with Crippen molar-refractivity contribution in [3.8, 4) is 0 Å². The molecule has 0 aliphatic carbocycles. The molecule has 1 heterocycles. The third-order valence-corrected chi connectivity index (χ3v) is 2.54. The Morgan fingerprint density at radius 2 is 2.07 bits per heavy atom. The highest BCUT2D eigenvalue weighted by Crippen LogP contribution is 2.23. The maximum atomic E-state index is 11.2. The average Bonchev–Trinajstić information content (AvgIpc) is 2.14. The zero-order chi connectivity index (χ0) is 11.5. The van der Waals surface area contributed by atoms with Crippen LogP contribution in [0.1, 0.15) is 13.3 Å². The van der Waals surface area contributed by atoms with Crippen molar-refractivity contribution in [2.24, 2.45) is 0 Å². The zero-order valence-electron chi connectivity index (χ0n) is 9.04. The van der Waals surface area contributed by atoms with Crippen LogP contribution in [0.25, 0.3) is 0 Å². The Labute approximate surface area is 88.6 Å². The monoisotopic (exact) mass is 215 g/mol. The Morgan fingerprint density at radius 3 is 2.53 bits per heavy atom. The number of amides is 3. The van der Waals surface area contributed by atoms with Crippen molar-refractivity contribution in [1.82, 2.24) is 15.5 Å². The minimum atomic E-state index is -0.646. The van der Waals surface area contributed by atoms with E-state index in [9.17, 15) is 14.7 Å². The number of nitrogens with zero attached hydrogens (tertiary/aromatic N) is 1. The van der Waals surface area contributed by atoms with Gasteiger partial charge in [-0.05, 0) is 6.42 Å². The van der Waals surface area contributed by atoms with E-state index in [-0.39, 0.29) is 12.5 Å². The van der Waals surface area contributed by atoms with Gasteiger partial charge in [0.2, 0.25) is 5.91 Å². The second kappa shape index (κ2) is 4.59. The summed E-state index contributed by atoms with van der Waals surface area (Å²) in [5, 5.41) is 14.1. The molecule has 1 fully saturated rings. The molecule has 3 amide bonds. The number of nitrogens with one attached hydrogen (secondary N) is 2. The van der Waals surface area contributed by atoms with E-state index >= 15 is 0 Å². The summed E-state index contributed by atoms with van der Waals surface area (Å²) in [4.78, 5) is 23.8. The lowest BCUT2D eigenvalue weighted by molar-refractivity contribution is -0.131. The largest absolute Gasteiger partial charge is 0.387 e. The molecular formula is C9H17N3O3. The predicted octanol–water partition coefficient (Wildman–Crippen LogP) is -1.10. The average molecular weight is 215 g/mol. The number of aliphatic hydroxyl groups is 1. The molecule has 1 rings (SSSR count). The molecule has 1 saturated heterocycles. The summed E-state index contributed by atoms with van der Waals surface area (Å²) in [7, 11) is 1.45. The van der Waals surface area contributed by atoms with E-state index in [2.05, 4.69) is 10.6 Å². The van der Waals surface area contributed by atoms with Gasteiger partial charge in [0.1, 0.15) is 0 Å². The van der Waals surface area contributed by atoms with Gasteiger partial charge in [-0.25, -0.2) is 4.79 Å². The molecule has 1 aliphatic rings. The van der Waals surface area contributed by atoms with Crippen molar-refractivity contribution >= 4 is 11.9 Å². The van der Waals surface area contributed by atoms with Gasteiger partial charge in [0, 0.05) is 20.1 Å². The van der Waals surface area contributed by atoms with Crippen molar-refractivity contribution in [1.29, 1.82) is 0 Å². The van der Waals surface area contributed by atoms with Crippen molar-refractivity contribution < 1.29 is 14.7 Å². The lowest BCUT2D eigenvalue weighted by atomic mass is 9.91. The molecule has 0 spiro atoms. The molecule has 15 heavy (non-hydrogen) atoms. The lowest BCUT2D eigenvalue weighted by Crippen LogP contribution is -2.63. The number of likely N-dealkylation sites (tertiary alicyclic amines) is 1. The molecule has 0 unspecified atom stereocenters. The van der Waals surface area contributed by atoms with E-state index in [0.717, 1.165) is 0 Å². The molecule has 6 nitrogen and oxygen atoms in total. The summed E-state index contributed by atoms with van der Waals surface area (Å²) in [5.74, 6) is -0.354. The van der Waals surface area contributed by atoms with Crippen molar-refractivity contribution in [3.05, 3.63) is 0 Å². The smallest absolute Gasteiger partial charge is 0.321 e. The van der Waals surface area contributed by atoms with Crippen LogP contribution in [0.3, 0.4) is 0 Å². The Hall–Kier alpha value is -1.14. The fourth-order valence-corrected chi connectivity index (χ4v) is 1.55. The first-order valence-electron chi connectivity index (χ1n) is 4.95. The molecule has 0 bridgehead atoms. The molecule has 3 N–H and O–H groups in total. The fraction of sp³-hybridized carbons (Fsp3) is 0.778. The van der Waals surface area contributed by atoms with Gasteiger partial charge in [-0.3, -0.25) is 15.0 Å². The summed E-state index contributed by atoms with van der Waals surface area (Å²) >= 11 is 0. The van der Waals surface area contributed by atoms with Gasteiger partial charge < -0.3 is 10.4 Å². The highest BCUT2D eigenvalue weighted by Gasteiger charge is 2.39. The first-order chi connectivity index (χ1) is 6.99. The second-order valence-corrected chi connectivity index (χ2v) is 3.85. The number of rotatable bonds is 3. The first-order valence-corrected chi connectivity index (χ1v) is 4.95. The molecule has 0 aromatic rings. The van der Waals surface area contributed by atoms with Gasteiger partial charge in [-0.2, -0.15) is 0 Å². The minimum absolute atomic E-state index is 0.149. The van der Waals surface area contributed by atoms with E-state index in [0.29, 0.717) is 19.5 Å². The van der Waals surface area contributed by atoms with Crippen molar-refractivity contribution in [2.45, 2.75) is 18.9 Å². The number of β-amino-alcohol motifs (C(OH)–C–C–N with tert-alkyl or cyclic N) is 1. The highest BCUT2D eigenvalue weighted by molar-refractivity contribution is 5.95. The van der Waals surface area contributed by atoms with Crippen LogP contribution in [0.5, 0.6) is 0 Å². The van der Waals surface area contributed by atoms with Gasteiger partial charge >= 0.3 is 6.03 Å². The van der Waals surface area contributed by atoms with Crippen LogP contribution in [0.4, 0.5) is 4.79 Å². The van der Waals surface area contributed by atoms with Gasteiger partial charge in [0.05, 0.1) is 12.1 Å². The molecule has 6 heteroatoms. The van der Waals surface area contributed by atoms with Crippen LogP contribution in [-0.4, -0.2) is 54.2 Å². The van der Waals surface area contributed by atoms with Crippen LogP contribution >= 0.6 is 0 Å². The van der Waals surface area contributed by atoms with Crippen molar-refractivity contribution in [2.75, 3.05) is 26.7 Å².